The molecule has 1 heterocycles. The minimum absolute atomic E-state index is 0.0527. The number of carbonyl (C=O) groups excluding carboxylic acids is 2. The maximum Gasteiger partial charge on any atom is 0.242 e. The van der Waals surface area contributed by atoms with Crippen molar-refractivity contribution in [2.24, 2.45) is 0 Å². The van der Waals surface area contributed by atoms with Gasteiger partial charge < -0.3 is 15.0 Å². The summed E-state index contributed by atoms with van der Waals surface area (Å²) >= 11 is 0. The molecule has 9 heteroatoms. The fraction of sp³-hybridized carbons (Fsp3) is 0.231. The second kappa shape index (κ2) is 10.3. The average molecular weight is 494 g/mol. The van der Waals surface area contributed by atoms with Gasteiger partial charge in [-0.15, -0.1) is 0 Å². The fourth-order valence-corrected chi connectivity index (χ4v) is 5.31. The number of ether oxygens (including phenoxy) is 1. The summed E-state index contributed by atoms with van der Waals surface area (Å²) in [5.74, 6) is 0.0756. The number of amides is 2. The molecule has 0 saturated heterocycles. The van der Waals surface area contributed by atoms with Crippen molar-refractivity contribution in [1.29, 1.82) is 0 Å². The van der Waals surface area contributed by atoms with Gasteiger partial charge in [0.2, 0.25) is 21.8 Å². The molecule has 3 aromatic rings. The number of sulfonamides is 1. The Kier molecular flexibility index (Phi) is 7.18. The minimum atomic E-state index is -4.02. The summed E-state index contributed by atoms with van der Waals surface area (Å²) in [7, 11) is -2.47. The third kappa shape index (κ3) is 5.70. The first-order valence-corrected chi connectivity index (χ1v) is 12.7. The molecule has 1 aliphatic heterocycles. The third-order valence-electron chi connectivity index (χ3n) is 5.89. The largest absolute Gasteiger partial charge is 0.497 e. The third-order valence-corrected chi connectivity index (χ3v) is 7.36. The van der Waals surface area contributed by atoms with E-state index in [-0.39, 0.29) is 17.2 Å². The maximum atomic E-state index is 13.3. The summed E-state index contributed by atoms with van der Waals surface area (Å²) in [5.41, 5.74) is 2.84. The predicted octanol–water partition coefficient (Wildman–Crippen LogP) is 3.13. The first-order chi connectivity index (χ1) is 16.8. The molecule has 0 radical (unpaired) electrons. The Morgan fingerprint density at radius 3 is 2.40 bits per heavy atom. The van der Waals surface area contributed by atoms with Gasteiger partial charge >= 0.3 is 0 Å². The van der Waals surface area contributed by atoms with Gasteiger partial charge in [0.05, 0.1) is 12.0 Å². The van der Waals surface area contributed by atoms with Crippen LogP contribution in [-0.4, -0.2) is 39.9 Å². The van der Waals surface area contributed by atoms with E-state index in [1.807, 2.05) is 30.3 Å². The van der Waals surface area contributed by atoms with Crippen molar-refractivity contribution in [3.63, 3.8) is 0 Å². The van der Waals surface area contributed by atoms with E-state index >= 15 is 0 Å². The van der Waals surface area contributed by atoms with E-state index in [1.54, 1.807) is 48.4 Å². The second-order valence-corrected chi connectivity index (χ2v) is 10.0. The number of fused-ring (bicyclic) bond motifs is 1. The summed E-state index contributed by atoms with van der Waals surface area (Å²) in [6.45, 7) is 2.00. The van der Waals surface area contributed by atoms with Crippen molar-refractivity contribution in [2.45, 2.75) is 30.7 Å². The number of rotatable bonds is 8. The van der Waals surface area contributed by atoms with Crippen LogP contribution in [0, 0.1) is 0 Å². The molecule has 0 bridgehead atoms. The minimum Gasteiger partial charge on any atom is -0.497 e. The summed E-state index contributed by atoms with van der Waals surface area (Å²) in [4.78, 5) is 26.7. The number of nitrogens with one attached hydrogen (secondary N) is 2. The molecule has 0 unspecified atom stereocenters. The monoisotopic (exact) mass is 493 g/mol. The van der Waals surface area contributed by atoms with Crippen molar-refractivity contribution < 1.29 is 22.7 Å². The van der Waals surface area contributed by atoms with Crippen molar-refractivity contribution in [3.8, 4) is 5.75 Å². The van der Waals surface area contributed by atoms with Crippen molar-refractivity contribution in [1.82, 2.24) is 4.72 Å². The van der Waals surface area contributed by atoms with Crippen LogP contribution < -0.4 is 19.7 Å². The van der Waals surface area contributed by atoms with Gasteiger partial charge in [-0.25, -0.2) is 8.42 Å². The van der Waals surface area contributed by atoms with Gasteiger partial charge in [-0.2, -0.15) is 4.72 Å². The summed E-state index contributed by atoms with van der Waals surface area (Å²) in [5, 5.41) is 2.78. The Balaban J connectivity index is 1.58. The SMILES string of the molecule is COc1ccc(NC(=O)[C@H](Cc2ccccc2)NS(=O)(=O)c2ccc3c(c2)CCN3C(C)=O)cc1. The molecule has 3 aromatic carbocycles. The lowest BCUT2D eigenvalue weighted by atomic mass is 10.1. The van der Waals surface area contributed by atoms with Crippen LogP contribution in [0.25, 0.3) is 0 Å². The lowest BCUT2D eigenvalue weighted by Crippen LogP contribution is -2.45. The van der Waals surface area contributed by atoms with Crippen LogP contribution in [0.4, 0.5) is 11.4 Å². The zero-order valence-electron chi connectivity index (χ0n) is 19.5. The molecular weight excluding hydrogens is 466 g/mol. The maximum absolute atomic E-state index is 13.3. The predicted molar refractivity (Wildman–Crippen MR) is 134 cm³/mol. The Labute approximate surface area is 205 Å². The Morgan fingerprint density at radius 2 is 1.74 bits per heavy atom. The number of hydrogen-bond donors (Lipinski definition) is 2. The lowest BCUT2D eigenvalue weighted by molar-refractivity contribution is -0.118. The Hall–Kier alpha value is -3.69. The number of methoxy groups -OCH3 is 1. The Morgan fingerprint density at radius 1 is 1.03 bits per heavy atom. The van der Waals surface area contributed by atoms with Crippen LogP contribution in [0.2, 0.25) is 0 Å². The van der Waals surface area contributed by atoms with Crippen molar-refractivity contribution in [2.75, 3.05) is 23.9 Å². The van der Waals surface area contributed by atoms with Gasteiger partial charge in [0.1, 0.15) is 11.8 Å². The Bertz CT molecular complexity index is 1320. The van der Waals surface area contributed by atoms with E-state index in [2.05, 4.69) is 10.0 Å². The van der Waals surface area contributed by atoms with E-state index in [1.165, 1.54) is 13.0 Å². The molecule has 0 spiro atoms. The molecule has 2 amide bonds. The number of anilines is 2. The van der Waals surface area contributed by atoms with E-state index in [0.717, 1.165) is 16.8 Å². The van der Waals surface area contributed by atoms with Crippen LogP contribution in [0.1, 0.15) is 18.1 Å². The topological polar surface area (TPSA) is 105 Å². The van der Waals surface area contributed by atoms with Crippen molar-refractivity contribution in [3.05, 3.63) is 83.9 Å². The molecule has 0 aromatic heterocycles. The number of benzene rings is 3. The average Bonchev–Trinajstić information content (AvgIpc) is 3.28. The molecule has 35 heavy (non-hydrogen) atoms. The molecule has 2 N–H and O–H groups in total. The fourth-order valence-electron chi connectivity index (χ4n) is 4.07. The van der Waals surface area contributed by atoms with E-state index in [9.17, 15) is 18.0 Å². The van der Waals surface area contributed by atoms with Gasteiger partial charge in [0.25, 0.3) is 0 Å². The van der Waals surface area contributed by atoms with Crippen LogP contribution in [0.5, 0.6) is 5.75 Å². The molecule has 0 aliphatic carbocycles. The highest BCUT2D eigenvalue weighted by molar-refractivity contribution is 7.89. The van der Waals surface area contributed by atoms with Crippen molar-refractivity contribution >= 4 is 33.2 Å². The molecule has 0 saturated carbocycles. The quantitative estimate of drug-likeness (QED) is 0.502. The van der Waals surface area contributed by atoms with E-state index in [0.29, 0.717) is 24.4 Å². The van der Waals surface area contributed by atoms with Gasteiger partial charge in [-0.3, -0.25) is 9.59 Å². The second-order valence-electron chi connectivity index (χ2n) is 8.29. The first kappa shape index (κ1) is 24.4. The molecule has 4 rings (SSSR count). The van der Waals surface area contributed by atoms with E-state index in [4.69, 9.17) is 4.74 Å². The highest BCUT2D eigenvalue weighted by atomic mass is 32.2. The van der Waals surface area contributed by atoms with Crippen LogP contribution in [0.3, 0.4) is 0 Å². The number of carbonyl (C=O) groups is 2. The van der Waals surface area contributed by atoms with Gasteiger partial charge in [0, 0.05) is 24.8 Å². The number of hydrogen-bond acceptors (Lipinski definition) is 5. The smallest absolute Gasteiger partial charge is 0.242 e. The zero-order chi connectivity index (χ0) is 25.0. The summed E-state index contributed by atoms with van der Waals surface area (Å²) < 4.78 is 34.3. The zero-order valence-corrected chi connectivity index (χ0v) is 20.3. The normalized spacial score (nSPS) is 13.7. The standard InChI is InChI=1S/C26H27N3O5S/c1-18(30)29-15-14-20-17-23(12-13-25(20)29)35(32,33)28-24(16-19-6-4-3-5-7-19)26(31)27-21-8-10-22(34-2)11-9-21/h3-13,17,24,28H,14-16H2,1-2H3,(H,27,31)/t24-/m0/s1. The first-order valence-electron chi connectivity index (χ1n) is 11.2. The molecule has 182 valence electrons. The van der Waals surface area contributed by atoms with Crippen LogP contribution >= 0.6 is 0 Å². The summed E-state index contributed by atoms with van der Waals surface area (Å²) in [6.07, 6.45) is 0.745. The molecule has 1 atom stereocenters. The number of nitrogens with zero attached hydrogens (tertiary/aromatic N) is 1. The van der Waals surface area contributed by atoms with Crippen LogP contribution in [0.15, 0.2) is 77.7 Å². The molecular formula is C26H27N3O5S. The van der Waals surface area contributed by atoms with Gasteiger partial charge in [-0.05, 0) is 66.4 Å². The molecule has 1 aliphatic rings. The van der Waals surface area contributed by atoms with Gasteiger partial charge in [0.15, 0.2) is 0 Å². The highest BCUT2D eigenvalue weighted by Gasteiger charge is 2.29. The van der Waals surface area contributed by atoms with Gasteiger partial charge in [-0.1, -0.05) is 30.3 Å². The molecule has 0 fully saturated rings. The van der Waals surface area contributed by atoms with Crippen LogP contribution in [-0.2, 0) is 32.5 Å². The lowest BCUT2D eigenvalue weighted by Gasteiger charge is -2.20. The highest BCUT2D eigenvalue weighted by Crippen LogP contribution is 2.30. The molecule has 8 nitrogen and oxygen atoms in total. The summed E-state index contributed by atoms with van der Waals surface area (Å²) in [6, 6.07) is 19.6. The van der Waals surface area contributed by atoms with E-state index < -0.39 is 22.0 Å².